The van der Waals surface area contributed by atoms with Crippen LogP contribution in [0.15, 0.2) is 16.6 Å². The maximum atomic E-state index is 4.85. The number of pyridine rings is 1. The molecular weight excluding hydrogens is 403 g/mol. The summed E-state index contributed by atoms with van der Waals surface area (Å²) >= 11 is 6.01. The van der Waals surface area contributed by atoms with Crippen LogP contribution in [-0.2, 0) is 12.8 Å². The summed E-state index contributed by atoms with van der Waals surface area (Å²) in [6.45, 7) is 3.10. The maximum Gasteiger partial charge on any atom is 0.0868 e. The minimum absolute atomic E-state index is 0.953. The van der Waals surface area contributed by atoms with Crippen molar-refractivity contribution in [2.75, 3.05) is 11.9 Å². The molecule has 18 heavy (non-hydrogen) atoms. The van der Waals surface area contributed by atoms with E-state index < -0.39 is 0 Å². The first-order valence-electron chi connectivity index (χ1n) is 6.25. The van der Waals surface area contributed by atoms with Gasteiger partial charge in [0.2, 0.25) is 0 Å². The van der Waals surface area contributed by atoms with Crippen LogP contribution in [0.2, 0.25) is 0 Å². The van der Waals surface area contributed by atoms with Gasteiger partial charge < -0.3 is 5.32 Å². The molecule has 0 spiro atoms. The molecule has 0 amide bonds. The number of benzene rings is 1. The molecule has 0 saturated carbocycles. The monoisotopic (exact) mass is 416 g/mol. The van der Waals surface area contributed by atoms with Crippen LogP contribution < -0.4 is 5.32 Å². The Hall–Kier alpha value is -0.360. The highest BCUT2D eigenvalue weighted by Gasteiger charge is 2.20. The number of aromatic nitrogens is 1. The van der Waals surface area contributed by atoms with Gasteiger partial charge in [0.15, 0.2) is 0 Å². The van der Waals surface area contributed by atoms with Crippen LogP contribution in [0.4, 0.5) is 5.69 Å². The van der Waals surface area contributed by atoms with E-state index in [1.807, 2.05) is 0 Å². The molecule has 2 nitrogen and oxygen atoms in total. The van der Waals surface area contributed by atoms with E-state index in [-0.39, 0.29) is 0 Å². The summed E-state index contributed by atoms with van der Waals surface area (Å²) in [6, 6.07) is 4.36. The van der Waals surface area contributed by atoms with E-state index in [2.05, 4.69) is 62.9 Å². The average molecular weight is 417 g/mol. The van der Waals surface area contributed by atoms with Crippen molar-refractivity contribution in [2.24, 2.45) is 0 Å². The van der Waals surface area contributed by atoms with Crippen molar-refractivity contribution in [3.8, 4) is 0 Å². The topological polar surface area (TPSA) is 24.9 Å². The van der Waals surface area contributed by atoms with Gasteiger partial charge in [-0.05, 0) is 82.4 Å². The number of rotatable bonds is 2. The zero-order valence-corrected chi connectivity index (χ0v) is 13.9. The molecule has 1 aromatic heterocycles. The maximum absolute atomic E-state index is 4.85. The molecule has 1 heterocycles. The highest BCUT2D eigenvalue weighted by Crippen LogP contribution is 2.37. The zero-order valence-electron chi connectivity index (χ0n) is 10.2. The number of hydrogen-bond acceptors (Lipinski definition) is 2. The largest absolute Gasteiger partial charge is 0.384 e. The third kappa shape index (κ3) is 2.03. The Morgan fingerprint density at radius 1 is 1.39 bits per heavy atom. The lowest BCUT2D eigenvalue weighted by atomic mass is 10.1. The summed E-state index contributed by atoms with van der Waals surface area (Å²) in [7, 11) is 0. The average Bonchev–Trinajstić information content (AvgIpc) is 2.78. The fraction of sp³-hybridized carbons (Fsp3) is 0.357. The van der Waals surface area contributed by atoms with Crippen molar-refractivity contribution >= 4 is 55.1 Å². The van der Waals surface area contributed by atoms with Gasteiger partial charge in [0.1, 0.15) is 0 Å². The number of hydrogen-bond donors (Lipinski definition) is 1. The summed E-state index contributed by atoms with van der Waals surface area (Å²) in [6.07, 6.45) is 3.50. The Morgan fingerprint density at radius 3 is 3.00 bits per heavy atom. The van der Waals surface area contributed by atoms with Crippen LogP contribution in [0.25, 0.3) is 10.9 Å². The molecule has 1 aromatic carbocycles. The highest BCUT2D eigenvalue weighted by atomic mass is 127. The normalized spacial score (nSPS) is 13.9. The standard InChI is InChI=1S/C14H14BrIN2/c1-2-17-13-9-4-3-5-12(9)18-14-10(13)6-8(16)7-11(14)15/h6-7H,2-5H2,1H3,(H,17,18). The van der Waals surface area contributed by atoms with Gasteiger partial charge in [-0.25, -0.2) is 0 Å². The van der Waals surface area contributed by atoms with Gasteiger partial charge in [-0.3, -0.25) is 4.98 Å². The van der Waals surface area contributed by atoms with Crippen molar-refractivity contribution in [3.05, 3.63) is 31.4 Å². The summed E-state index contributed by atoms with van der Waals surface area (Å²) in [5.74, 6) is 0. The first-order valence-corrected chi connectivity index (χ1v) is 8.12. The first kappa shape index (κ1) is 12.7. The van der Waals surface area contributed by atoms with E-state index in [1.165, 1.54) is 32.3 Å². The summed E-state index contributed by atoms with van der Waals surface area (Å²) in [4.78, 5) is 4.85. The van der Waals surface area contributed by atoms with E-state index >= 15 is 0 Å². The van der Waals surface area contributed by atoms with E-state index in [0.29, 0.717) is 0 Å². The number of fused-ring (bicyclic) bond motifs is 2. The quantitative estimate of drug-likeness (QED) is 0.728. The Bertz CT molecular complexity index is 625. The molecule has 0 radical (unpaired) electrons. The lowest BCUT2D eigenvalue weighted by Crippen LogP contribution is -2.04. The van der Waals surface area contributed by atoms with Gasteiger partial charge in [0.05, 0.1) is 5.52 Å². The molecule has 1 N–H and O–H groups in total. The predicted molar refractivity (Wildman–Crippen MR) is 88.3 cm³/mol. The molecule has 3 rings (SSSR count). The first-order chi connectivity index (χ1) is 8.70. The summed E-state index contributed by atoms with van der Waals surface area (Å²) in [5, 5.41) is 4.79. The molecule has 0 fully saturated rings. The minimum atomic E-state index is 0.953. The second-order valence-electron chi connectivity index (χ2n) is 4.58. The van der Waals surface area contributed by atoms with E-state index in [1.54, 1.807) is 0 Å². The minimum Gasteiger partial charge on any atom is -0.384 e. The van der Waals surface area contributed by atoms with Crippen LogP contribution in [0.5, 0.6) is 0 Å². The fourth-order valence-corrected chi connectivity index (χ4v) is 4.27. The smallest absolute Gasteiger partial charge is 0.0868 e. The third-order valence-electron chi connectivity index (χ3n) is 3.39. The lowest BCUT2D eigenvalue weighted by molar-refractivity contribution is 0.901. The van der Waals surface area contributed by atoms with Gasteiger partial charge in [0, 0.05) is 31.4 Å². The SMILES string of the molecule is CCNc1c2c(nc3c(Br)cc(I)cc13)CCC2. The fourth-order valence-electron chi connectivity index (χ4n) is 2.67. The van der Waals surface area contributed by atoms with E-state index in [9.17, 15) is 0 Å². The Morgan fingerprint density at radius 2 is 2.22 bits per heavy atom. The van der Waals surface area contributed by atoms with Crippen LogP contribution in [-0.4, -0.2) is 11.5 Å². The summed E-state index contributed by atoms with van der Waals surface area (Å²) < 4.78 is 2.34. The molecule has 0 saturated heterocycles. The number of aryl methyl sites for hydroxylation is 1. The van der Waals surface area contributed by atoms with Gasteiger partial charge in [0.25, 0.3) is 0 Å². The van der Waals surface area contributed by atoms with E-state index in [0.717, 1.165) is 29.4 Å². The molecule has 0 atom stereocenters. The van der Waals surface area contributed by atoms with Gasteiger partial charge in [-0.1, -0.05) is 0 Å². The van der Waals surface area contributed by atoms with Crippen LogP contribution in [0.1, 0.15) is 24.6 Å². The Labute approximate surface area is 129 Å². The van der Waals surface area contributed by atoms with Crippen LogP contribution >= 0.6 is 38.5 Å². The highest BCUT2D eigenvalue weighted by molar-refractivity contribution is 14.1. The molecule has 1 aliphatic rings. The predicted octanol–water partition coefficient (Wildman–Crippen LogP) is 4.52. The number of anilines is 1. The van der Waals surface area contributed by atoms with Gasteiger partial charge >= 0.3 is 0 Å². The Balaban J connectivity index is 2.38. The third-order valence-corrected chi connectivity index (χ3v) is 4.62. The second-order valence-corrected chi connectivity index (χ2v) is 6.68. The molecule has 94 valence electrons. The van der Waals surface area contributed by atoms with Crippen molar-refractivity contribution in [3.63, 3.8) is 0 Å². The Kier molecular flexibility index (Phi) is 3.49. The van der Waals surface area contributed by atoms with Crippen molar-refractivity contribution in [1.82, 2.24) is 4.98 Å². The van der Waals surface area contributed by atoms with Crippen LogP contribution in [0.3, 0.4) is 0 Å². The second kappa shape index (κ2) is 4.96. The molecule has 4 heteroatoms. The molecule has 2 aromatic rings. The number of nitrogens with zero attached hydrogens (tertiary/aromatic N) is 1. The molecule has 1 aliphatic carbocycles. The zero-order chi connectivity index (χ0) is 12.7. The van der Waals surface area contributed by atoms with Gasteiger partial charge in [-0.15, -0.1) is 0 Å². The number of halogens is 2. The molecular formula is C14H14BrIN2. The molecule has 0 aliphatic heterocycles. The van der Waals surface area contributed by atoms with E-state index in [4.69, 9.17) is 4.98 Å². The lowest BCUT2D eigenvalue weighted by Gasteiger charge is -2.14. The number of nitrogens with one attached hydrogen (secondary N) is 1. The summed E-state index contributed by atoms with van der Waals surface area (Å²) in [5.41, 5.74) is 5.10. The molecule has 0 unspecified atom stereocenters. The molecule has 0 bridgehead atoms. The van der Waals surface area contributed by atoms with Gasteiger partial charge in [-0.2, -0.15) is 0 Å². The van der Waals surface area contributed by atoms with Crippen LogP contribution in [0, 0.1) is 3.57 Å². The van der Waals surface area contributed by atoms with Crippen molar-refractivity contribution in [1.29, 1.82) is 0 Å². The van der Waals surface area contributed by atoms with Crippen molar-refractivity contribution < 1.29 is 0 Å². The van der Waals surface area contributed by atoms with Crippen molar-refractivity contribution in [2.45, 2.75) is 26.2 Å².